The van der Waals surface area contributed by atoms with Gasteiger partial charge >= 0.3 is 0 Å². The molecule has 0 saturated heterocycles. The number of unbranched alkanes of at least 4 members (excludes halogenated alkanes) is 2. The van der Waals surface area contributed by atoms with Gasteiger partial charge in [-0.05, 0) is 38.1 Å². The highest BCUT2D eigenvalue weighted by Gasteiger charge is 2.22. The molecule has 2 nitrogen and oxygen atoms in total. The zero-order valence-electron chi connectivity index (χ0n) is 12.6. The number of ether oxygens (including phenoxy) is 1. The molecule has 0 aromatic carbocycles. The Morgan fingerprint density at radius 3 is 2.29 bits per heavy atom. The molecule has 0 rings (SSSR count). The van der Waals surface area contributed by atoms with E-state index in [1.165, 1.54) is 32.1 Å². The average Bonchev–Trinajstić information content (AvgIpc) is 2.25. The molecule has 0 aliphatic heterocycles. The molecule has 2 heteroatoms. The van der Waals surface area contributed by atoms with Crippen LogP contribution in [-0.2, 0) is 4.74 Å². The number of rotatable bonds is 10. The predicted molar refractivity (Wildman–Crippen MR) is 76.5 cm³/mol. The van der Waals surface area contributed by atoms with E-state index in [1.54, 1.807) is 0 Å². The number of hydrogen-bond donors (Lipinski definition) is 1. The van der Waals surface area contributed by atoms with E-state index in [9.17, 15) is 0 Å². The second-order valence-corrected chi connectivity index (χ2v) is 5.92. The summed E-state index contributed by atoms with van der Waals surface area (Å²) in [5.41, 5.74) is 0.370. The van der Waals surface area contributed by atoms with Crippen LogP contribution in [0.3, 0.4) is 0 Å². The first-order valence-corrected chi connectivity index (χ1v) is 7.33. The van der Waals surface area contributed by atoms with Gasteiger partial charge < -0.3 is 10.1 Å². The van der Waals surface area contributed by atoms with Crippen molar-refractivity contribution in [2.75, 3.05) is 19.8 Å². The van der Waals surface area contributed by atoms with Crippen LogP contribution in [0.4, 0.5) is 0 Å². The monoisotopic (exact) mass is 243 g/mol. The van der Waals surface area contributed by atoms with Crippen molar-refractivity contribution in [3.8, 4) is 0 Å². The van der Waals surface area contributed by atoms with E-state index in [0.29, 0.717) is 11.5 Å². The molecule has 1 unspecified atom stereocenters. The van der Waals surface area contributed by atoms with Crippen molar-refractivity contribution in [2.45, 2.75) is 72.8 Å². The Morgan fingerprint density at radius 2 is 1.76 bits per heavy atom. The van der Waals surface area contributed by atoms with E-state index in [-0.39, 0.29) is 0 Å². The average molecular weight is 243 g/mol. The van der Waals surface area contributed by atoms with Gasteiger partial charge in [-0.1, -0.05) is 40.5 Å². The van der Waals surface area contributed by atoms with Crippen molar-refractivity contribution >= 4 is 0 Å². The minimum atomic E-state index is 0.370. The van der Waals surface area contributed by atoms with E-state index in [4.69, 9.17) is 4.74 Å². The van der Waals surface area contributed by atoms with Crippen LogP contribution >= 0.6 is 0 Å². The van der Waals surface area contributed by atoms with Gasteiger partial charge in [0, 0.05) is 19.3 Å². The van der Waals surface area contributed by atoms with Crippen molar-refractivity contribution in [1.29, 1.82) is 0 Å². The fourth-order valence-corrected chi connectivity index (χ4v) is 2.03. The quantitative estimate of drug-likeness (QED) is 0.586. The fraction of sp³-hybridized carbons (Fsp3) is 1.00. The van der Waals surface area contributed by atoms with Crippen molar-refractivity contribution in [2.24, 2.45) is 5.41 Å². The van der Waals surface area contributed by atoms with E-state index >= 15 is 0 Å². The molecule has 0 saturated carbocycles. The van der Waals surface area contributed by atoms with Gasteiger partial charge in [-0.25, -0.2) is 0 Å². The molecule has 0 bridgehead atoms. The first kappa shape index (κ1) is 16.9. The second-order valence-electron chi connectivity index (χ2n) is 5.92. The maximum Gasteiger partial charge on any atom is 0.0465 e. The summed E-state index contributed by atoms with van der Waals surface area (Å²) in [6, 6.07) is 0.648. The molecule has 0 aromatic rings. The Balaban J connectivity index is 3.69. The molecule has 0 fully saturated rings. The molecule has 0 amide bonds. The topological polar surface area (TPSA) is 21.3 Å². The maximum absolute atomic E-state index is 5.36. The van der Waals surface area contributed by atoms with E-state index in [2.05, 4.69) is 39.9 Å². The normalized spacial score (nSPS) is 13.9. The summed E-state index contributed by atoms with van der Waals surface area (Å²) in [6.45, 7) is 14.2. The van der Waals surface area contributed by atoms with E-state index < -0.39 is 0 Å². The molecule has 0 aromatic heterocycles. The highest BCUT2D eigenvalue weighted by molar-refractivity contribution is 4.80. The summed E-state index contributed by atoms with van der Waals surface area (Å²) < 4.78 is 5.36. The molecule has 1 atom stereocenters. The molecule has 17 heavy (non-hydrogen) atoms. The SMILES string of the molecule is CCCNC(CCCCCOCC)C(C)(C)C. The summed E-state index contributed by atoms with van der Waals surface area (Å²) >= 11 is 0. The predicted octanol–water partition coefficient (Wildman–Crippen LogP) is 4.00. The minimum Gasteiger partial charge on any atom is -0.382 e. The summed E-state index contributed by atoms with van der Waals surface area (Å²) in [5, 5.41) is 3.68. The van der Waals surface area contributed by atoms with Crippen molar-refractivity contribution in [3.63, 3.8) is 0 Å². The zero-order valence-corrected chi connectivity index (χ0v) is 12.6. The smallest absolute Gasteiger partial charge is 0.0465 e. The number of hydrogen-bond acceptors (Lipinski definition) is 2. The summed E-state index contributed by atoms with van der Waals surface area (Å²) in [5.74, 6) is 0. The van der Waals surface area contributed by atoms with E-state index in [1.807, 2.05) is 0 Å². The van der Waals surface area contributed by atoms with Gasteiger partial charge in [-0.3, -0.25) is 0 Å². The lowest BCUT2D eigenvalue weighted by Gasteiger charge is -2.32. The minimum absolute atomic E-state index is 0.370. The molecular weight excluding hydrogens is 210 g/mol. The van der Waals surface area contributed by atoms with Crippen LogP contribution in [0.5, 0.6) is 0 Å². The van der Waals surface area contributed by atoms with Gasteiger partial charge in [0.2, 0.25) is 0 Å². The molecule has 104 valence electrons. The summed E-state index contributed by atoms with van der Waals surface area (Å²) in [6.07, 6.45) is 6.32. The van der Waals surface area contributed by atoms with Crippen LogP contribution in [-0.4, -0.2) is 25.8 Å². The van der Waals surface area contributed by atoms with Gasteiger partial charge in [-0.2, -0.15) is 0 Å². The van der Waals surface area contributed by atoms with Crippen molar-refractivity contribution in [1.82, 2.24) is 5.32 Å². The third-order valence-corrected chi connectivity index (χ3v) is 3.17. The Hall–Kier alpha value is -0.0800. The Morgan fingerprint density at radius 1 is 1.06 bits per heavy atom. The molecule has 0 aliphatic rings. The van der Waals surface area contributed by atoms with E-state index in [0.717, 1.165) is 19.8 Å². The Bertz CT molecular complexity index is 163. The van der Waals surface area contributed by atoms with Crippen LogP contribution in [0.1, 0.15) is 66.7 Å². The lowest BCUT2D eigenvalue weighted by Crippen LogP contribution is -2.40. The van der Waals surface area contributed by atoms with Gasteiger partial charge in [0.25, 0.3) is 0 Å². The largest absolute Gasteiger partial charge is 0.382 e. The van der Waals surface area contributed by atoms with Gasteiger partial charge in [0.1, 0.15) is 0 Å². The first-order valence-electron chi connectivity index (χ1n) is 7.33. The zero-order chi connectivity index (χ0) is 13.1. The second kappa shape index (κ2) is 9.90. The van der Waals surface area contributed by atoms with Crippen LogP contribution < -0.4 is 5.32 Å². The molecule has 0 aliphatic carbocycles. The molecule has 0 heterocycles. The highest BCUT2D eigenvalue weighted by Crippen LogP contribution is 2.23. The molecule has 1 N–H and O–H groups in total. The van der Waals surface area contributed by atoms with Crippen molar-refractivity contribution in [3.05, 3.63) is 0 Å². The number of nitrogens with one attached hydrogen (secondary N) is 1. The third kappa shape index (κ3) is 9.61. The maximum atomic E-state index is 5.36. The highest BCUT2D eigenvalue weighted by atomic mass is 16.5. The van der Waals surface area contributed by atoms with Gasteiger partial charge in [0.05, 0.1) is 0 Å². The van der Waals surface area contributed by atoms with Crippen molar-refractivity contribution < 1.29 is 4.74 Å². The first-order chi connectivity index (χ1) is 8.02. The lowest BCUT2D eigenvalue weighted by atomic mass is 9.83. The Labute approximate surface area is 109 Å². The third-order valence-electron chi connectivity index (χ3n) is 3.17. The molecule has 0 radical (unpaired) electrons. The van der Waals surface area contributed by atoms with Crippen LogP contribution in [0.15, 0.2) is 0 Å². The van der Waals surface area contributed by atoms with Gasteiger partial charge in [0.15, 0.2) is 0 Å². The van der Waals surface area contributed by atoms with Crippen LogP contribution in [0, 0.1) is 5.41 Å². The molecule has 0 spiro atoms. The lowest BCUT2D eigenvalue weighted by molar-refractivity contribution is 0.142. The Kier molecular flexibility index (Phi) is 9.85. The van der Waals surface area contributed by atoms with Gasteiger partial charge in [-0.15, -0.1) is 0 Å². The van der Waals surface area contributed by atoms with Crippen LogP contribution in [0.25, 0.3) is 0 Å². The summed E-state index contributed by atoms with van der Waals surface area (Å²) in [7, 11) is 0. The standard InChI is InChI=1S/C15H33NO/c1-6-12-16-14(15(3,4)5)11-9-8-10-13-17-7-2/h14,16H,6-13H2,1-5H3. The fourth-order valence-electron chi connectivity index (χ4n) is 2.03. The van der Waals surface area contributed by atoms with Crippen LogP contribution in [0.2, 0.25) is 0 Å². The molecular formula is C15H33NO. The summed E-state index contributed by atoms with van der Waals surface area (Å²) in [4.78, 5) is 0.